The Morgan fingerprint density at radius 2 is 2.09 bits per heavy atom. The molecule has 0 saturated carbocycles. The van der Waals surface area contributed by atoms with Crippen LogP contribution in [0.1, 0.15) is 6.42 Å². The van der Waals surface area contributed by atoms with E-state index in [1.807, 2.05) is 0 Å². The van der Waals surface area contributed by atoms with Crippen LogP contribution in [0.15, 0.2) is 36.8 Å². The van der Waals surface area contributed by atoms with E-state index in [0.717, 1.165) is 6.16 Å². The van der Waals surface area contributed by atoms with E-state index in [2.05, 4.69) is 38.1 Å². The van der Waals surface area contributed by atoms with Gasteiger partial charge in [-0.2, -0.15) is 0 Å². The summed E-state index contributed by atoms with van der Waals surface area (Å²) in [5.41, 5.74) is 0.343. The van der Waals surface area contributed by atoms with Crippen molar-refractivity contribution in [1.29, 1.82) is 0 Å². The summed E-state index contributed by atoms with van der Waals surface area (Å²) in [6.07, 6.45) is 5.22. The number of hydrogen-bond donors (Lipinski definition) is 3. The van der Waals surface area contributed by atoms with Crippen molar-refractivity contribution in [3.05, 3.63) is 36.8 Å². The lowest BCUT2D eigenvalue weighted by molar-refractivity contribution is -0.119. The topological polar surface area (TPSA) is 82.0 Å². The molecule has 6 nitrogen and oxygen atoms in total. The summed E-state index contributed by atoms with van der Waals surface area (Å²) in [7, 11) is 0. The molecule has 23 heavy (non-hydrogen) atoms. The van der Waals surface area contributed by atoms with Gasteiger partial charge < -0.3 is 25.2 Å². The van der Waals surface area contributed by atoms with Crippen LogP contribution in [0.4, 0.5) is 0 Å². The largest absolute Gasteiger partial charge is 0.388 e. The molecule has 0 spiro atoms. The zero-order valence-electron chi connectivity index (χ0n) is 13.6. The molecule has 0 aliphatic carbocycles. The maximum absolute atomic E-state index is 11.7. The first-order chi connectivity index (χ1) is 10.6. The minimum Gasteiger partial charge on any atom is -0.388 e. The highest BCUT2D eigenvalue weighted by atomic mass is 31.2. The van der Waals surface area contributed by atoms with E-state index in [9.17, 15) is 15.0 Å². The Hall–Kier alpha value is -1.33. The second-order valence-electron chi connectivity index (χ2n) is 6.59. The molecule has 0 aromatic rings. The van der Waals surface area contributed by atoms with Crippen molar-refractivity contribution in [2.75, 3.05) is 19.5 Å². The first-order valence-corrected chi connectivity index (χ1v) is 10.5. The Balaban J connectivity index is 2.15. The zero-order chi connectivity index (χ0) is 17.4. The van der Waals surface area contributed by atoms with Crippen LogP contribution in [-0.4, -0.2) is 71.4 Å². The molecule has 1 amide bonds. The number of amides is 1. The molecule has 0 aromatic carbocycles. The quantitative estimate of drug-likeness (QED) is 0.635. The third kappa shape index (κ3) is 3.96. The first-order valence-electron chi connectivity index (χ1n) is 7.46. The average molecular weight is 340 g/mol. The number of rotatable bonds is 5. The Bertz CT molecular complexity index is 595. The van der Waals surface area contributed by atoms with Crippen molar-refractivity contribution in [2.24, 2.45) is 0 Å². The van der Waals surface area contributed by atoms with Gasteiger partial charge in [-0.3, -0.25) is 4.79 Å². The summed E-state index contributed by atoms with van der Waals surface area (Å²) in [5.74, 6) is -0.0167. The van der Waals surface area contributed by atoms with Gasteiger partial charge in [0.2, 0.25) is 0 Å². The SMILES string of the molecule is C=CC1=CN(C2OC(CCP(=C)(C)C)[C@@H](O)[C@H]2O)C(=C)NC1=O. The standard InChI is InChI=1S/C16H25N2O4P/c1-6-11-9-18(10(2)17-15(11)21)16-14(20)13(19)12(22-16)7-8-23(3,4)5/h6,9,12-14,16,19-20H,1-3,7-8H2,4-5H3,(H,17,21)/t12?,13-,14-,16?/m1/s1. The molecule has 0 radical (unpaired) electrons. The molecule has 2 aliphatic rings. The molecule has 1 fully saturated rings. The van der Waals surface area contributed by atoms with Gasteiger partial charge in [0.25, 0.3) is 5.91 Å². The third-order valence-corrected chi connectivity index (χ3v) is 5.43. The van der Waals surface area contributed by atoms with Gasteiger partial charge >= 0.3 is 0 Å². The Labute approximate surface area is 137 Å². The molecular formula is C16H25N2O4P. The van der Waals surface area contributed by atoms with Crippen LogP contribution in [0.3, 0.4) is 0 Å². The van der Waals surface area contributed by atoms with E-state index < -0.39 is 31.4 Å². The van der Waals surface area contributed by atoms with E-state index in [1.165, 1.54) is 17.2 Å². The monoisotopic (exact) mass is 340 g/mol. The fourth-order valence-electron chi connectivity index (χ4n) is 2.60. The highest BCUT2D eigenvalue weighted by molar-refractivity contribution is 7.72. The van der Waals surface area contributed by atoms with Gasteiger partial charge in [-0.15, -0.1) is 13.2 Å². The van der Waals surface area contributed by atoms with E-state index >= 15 is 0 Å². The fourth-order valence-corrected chi connectivity index (χ4v) is 3.55. The van der Waals surface area contributed by atoms with Crippen molar-refractivity contribution in [3.8, 4) is 0 Å². The van der Waals surface area contributed by atoms with Gasteiger partial charge in [0.1, 0.15) is 18.0 Å². The van der Waals surface area contributed by atoms with Gasteiger partial charge in [-0.1, -0.05) is 19.2 Å². The number of carbonyl (C=O) groups is 1. The maximum Gasteiger partial charge on any atom is 0.258 e. The second kappa shape index (κ2) is 6.65. The molecule has 1 saturated heterocycles. The number of hydrogen-bond acceptors (Lipinski definition) is 5. The van der Waals surface area contributed by atoms with Gasteiger partial charge in [0, 0.05) is 6.20 Å². The summed E-state index contributed by atoms with van der Waals surface area (Å²) >= 11 is 0. The predicted molar refractivity (Wildman–Crippen MR) is 93.4 cm³/mol. The van der Waals surface area contributed by atoms with E-state index in [1.54, 1.807) is 0 Å². The van der Waals surface area contributed by atoms with Crippen LogP contribution in [0.2, 0.25) is 0 Å². The Morgan fingerprint density at radius 1 is 1.43 bits per heavy atom. The van der Waals surface area contributed by atoms with Crippen molar-refractivity contribution in [1.82, 2.24) is 10.2 Å². The molecule has 2 aliphatic heterocycles. The van der Waals surface area contributed by atoms with Crippen molar-refractivity contribution < 1.29 is 19.7 Å². The van der Waals surface area contributed by atoms with Crippen molar-refractivity contribution in [2.45, 2.75) is 31.0 Å². The molecule has 7 heteroatoms. The number of ether oxygens (including phenoxy) is 1. The summed E-state index contributed by atoms with van der Waals surface area (Å²) in [6.45, 7) is 10.3. The van der Waals surface area contributed by atoms with E-state index in [-0.39, 0.29) is 5.91 Å². The first kappa shape index (κ1) is 18.0. The molecule has 128 valence electrons. The van der Waals surface area contributed by atoms with Gasteiger partial charge in [-0.05, 0) is 25.9 Å². The normalized spacial score (nSPS) is 31.8. The van der Waals surface area contributed by atoms with E-state index in [4.69, 9.17) is 4.74 Å². The molecule has 4 atom stereocenters. The summed E-state index contributed by atoms with van der Waals surface area (Å²) in [6, 6.07) is 0. The molecule has 0 bridgehead atoms. The fraction of sp³-hybridized carbons (Fsp3) is 0.500. The maximum atomic E-state index is 11.7. The van der Waals surface area contributed by atoms with Crippen LogP contribution < -0.4 is 5.32 Å². The van der Waals surface area contributed by atoms with Gasteiger partial charge in [0.15, 0.2) is 6.23 Å². The zero-order valence-corrected chi connectivity index (χ0v) is 14.5. The Kier molecular flexibility index (Phi) is 5.21. The highest BCUT2D eigenvalue weighted by Crippen LogP contribution is 2.38. The van der Waals surface area contributed by atoms with E-state index in [0.29, 0.717) is 17.8 Å². The van der Waals surface area contributed by atoms with Crippen molar-refractivity contribution in [3.63, 3.8) is 0 Å². The molecular weight excluding hydrogens is 315 g/mol. The number of carbonyl (C=O) groups excluding carboxylic acids is 1. The minimum atomic E-state index is -1.24. The molecule has 3 N–H and O–H groups in total. The smallest absolute Gasteiger partial charge is 0.258 e. The highest BCUT2D eigenvalue weighted by Gasteiger charge is 2.46. The Morgan fingerprint density at radius 3 is 2.65 bits per heavy atom. The predicted octanol–water partition coefficient (Wildman–Crippen LogP) is 0.505. The lowest BCUT2D eigenvalue weighted by atomic mass is 10.1. The number of nitrogens with one attached hydrogen (secondary N) is 1. The minimum absolute atomic E-state index is 0.294. The second-order valence-corrected chi connectivity index (χ2v) is 10.9. The van der Waals surface area contributed by atoms with Crippen LogP contribution in [0.5, 0.6) is 0 Å². The third-order valence-electron chi connectivity index (χ3n) is 3.96. The molecule has 2 unspecified atom stereocenters. The van der Waals surface area contributed by atoms with Crippen LogP contribution in [0.25, 0.3) is 0 Å². The van der Waals surface area contributed by atoms with Crippen molar-refractivity contribution >= 4 is 19.1 Å². The average Bonchev–Trinajstić information content (AvgIpc) is 2.73. The van der Waals surface area contributed by atoms with Crippen LogP contribution in [-0.2, 0) is 9.53 Å². The summed E-state index contributed by atoms with van der Waals surface area (Å²) in [4.78, 5) is 13.2. The number of aliphatic hydroxyl groups excluding tert-OH is 2. The number of nitrogens with zero attached hydrogens (tertiary/aromatic N) is 1. The van der Waals surface area contributed by atoms with Gasteiger partial charge in [-0.25, -0.2) is 0 Å². The number of aliphatic hydroxyl groups is 2. The molecule has 2 rings (SSSR count). The molecule has 2 heterocycles. The summed E-state index contributed by atoms with van der Waals surface area (Å²) < 4.78 is 5.84. The van der Waals surface area contributed by atoms with Crippen LogP contribution in [0, 0.1) is 0 Å². The van der Waals surface area contributed by atoms with Crippen LogP contribution >= 0.6 is 6.89 Å². The molecule has 0 aromatic heterocycles. The lowest BCUT2D eigenvalue weighted by Crippen LogP contribution is -2.47. The van der Waals surface area contributed by atoms with Gasteiger partial charge in [0.05, 0.1) is 11.7 Å². The summed E-state index contributed by atoms with van der Waals surface area (Å²) in [5, 5.41) is 23.2. The lowest BCUT2D eigenvalue weighted by Gasteiger charge is -2.34.